The van der Waals surface area contributed by atoms with E-state index in [9.17, 15) is 0 Å². The maximum Gasteiger partial charge on any atom is 0.326 e. The molecular weight excluding hydrogens is 419 g/mol. The minimum absolute atomic E-state index is 0.0994. The van der Waals surface area contributed by atoms with Crippen molar-refractivity contribution >= 4 is 23.5 Å². The first-order valence-corrected chi connectivity index (χ1v) is 11.2. The summed E-state index contributed by atoms with van der Waals surface area (Å²) in [6.07, 6.45) is 8.65. The van der Waals surface area contributed by atoms with Gasteiger partial charge in [-0.05, 0) is 43.5 Å². The van der Waals surface area contributed by atoms with Crippen LogP contribution in [0.15, 0.2) is 52.6 Å². The molecule has 1 fully saturated rings. The van der Waals surface area contributed by atoms with Crippen LogP contribution in [0.2, 0.25) is 0 Å². The van der Waals surface area contributed by atoms with Crippen LogP contribution in [0.25, 0.3) is 6.08 Å². The summed E-state index contributed by atoms with van der Waals surface area (Å²) in [6, 6.07) is 5.54. The molecule has 1 aliphatic carbocycles. The summed E-state index contributed by atoms with van der Waals surface area (Å²) >= 11 is 0. The van der Waals surface area contributed by atoms with Gasteiger partial charge in [0.2, 0.25) is 0 Å². The Balaban J connectivity index is 1.45. The van der Waals surface area contributed by atoms with Gasteiger partial charge < -0.3 is 20.3 Å². The number of halogens is 1. The molecule has 8 heteroatoms. The summed E-state index contributed by atoms with van der Waals surface area (Å²) in [4.78, 5) is 15.8. The van der Waals surface area contributed by atoms with Crippen molar-refractivity contribution in [1.29, 1.82) is 0 Å². The van der Waals surface area contributed by atoms with Gasteiger partial charge >= 0.3 is 6.01 Å². The van der Waals surface area contributed by atoms with E-state index in [1.807, 2.05) is 50.3 Å². The summed E-state index contributed by atoms with van der Waals surface area (Å²) < 4.78 is 21.0. The van der Waals surface area contributed by atoms with Crippen molar-refractivity contribution in [3.63, 3.8) is 0 Å². The first kappa shape index (κ1) is 21.3. The summed E-state index contributed by atoms with van der Waals surface area (Å²) in [7, 11) is 0. The van der Waals surface area contributed by atoms with Crippen LogP contribution in [-0.2, 0) is 6.42 Å². The fraction of sp³-hybridized carbons (Fsp3) is 0.320. The molecule has 0 radical (unpaired) electrons. The second-order valence-corrected chi connectivity index (χ2v) is 8.40. The Morgan fingerprint density at radius 1 is 1.18 bits per heavy atom. The molecule has 3 aliphatic rings. The van der Waals surface area contributed by atoms with Crippen LogP contribution in [0.1, 0.15) is 25.0 Å². The van der Waals surface area contributed by atoms with Crippen LogP contribution >= 0.6 is 0 Å². The van der Waals surface area contributed by atoms with Gasteiger partial charge in [0.15, 0.2) is 11.6 Å². The second-order valence-electron chi connectivity index (χ2n) is 8.40. The molecule has 0 atom stereocenters. The first-order valence-electron chi connectivity index (χ1n) is 11.2. The molecule has 5 rings (SSSR count). The maximum atomic E-state index is 15.1. The number of amidine groups is 1. The Kier molecular flexibility index (Phi) is 5.92. The summed E-state index contributed by atoms with van der Waals surface area (Å²) in [5.41, 5.74) is 3.81. The van der Waals surface area contributed by atoms with Crippen LogP contribution in [0.3, 0.4) is 0 Å². The van der Waals surface area contributed by atoms with Gasteiger partial charge in [0.25, 0.3) is 0 Å². The predicted octanol–water partition coefficient (Wildman–Crippen LogP) is 4.10. The van der Waals surface area contributed by atoms with E-state index in [0.717, 1.165) is 61.0 Å². The number of aliphatic imine (C=N–C) groups is 1. The van der Waals surface area contributed by atoms with Crippen molar-refractivity contribution in [1.82, 2.24) is 15.3 Å². The van der Waals surface area contributed by atoms with Gasteiger partial charge in [0.05, 0.1) is 6.54 Å². The molecule has 3 heterocycles. The molecule has 1 aromatic carbocycles. The quantitative estimate of drug-likeness (QED) is 0.720. The molecule has 0 amide bonds. The molecule has 2 aliphatic heterocycles. The number of anilines is 2. The lowest BCUT2D eigenvalue weighted by Gasteiger charge is -2.28. The standard InChI is InChI=1S/C25H27FN6O/c1-3-4-17-13-21(28-15-17)29-22-14-23(32-9-7-27-8-10-32)31-25(30-22)33-20-6-5-18-11-16(2)12-19(18)24(20)26/h3-6,12-14,27H,7-11,15H2,1-2H3,(H,28,29,30,31)/b4-3-. The molecular formula is C25H27FN6O. The minimum Gasteiger partial charge on any atom is -0.421 e. The molecule has 7 nitrogen and oxygen atoms in total. The molecule has 0 unspecified atom stereocenters. The largest absolute Gasteiger partial charge is 0.421 e. The van der Waals surface area contributed by atoms with Gasteiger partial charge in [0, 0.05) is 37.8 Å². The number of piperazine rings is 1. The molecule has 1 saturated heterocycles. The summed E-state index contributed by atoms with van der Waals surface area (Å²) in [5, 5.41) is 6.60. The predicted molar refractivity (Wildman–Crippen MR) is 130 cm³/mol. The van der Waals surface area contributed by atoms with E-state index >= 15 is 4.39 Å². The Morgan fingerprint density at radius 3 is 2.85 bits per heavy atom. The van der Waals surface area contributed by atoms with E-state index in [0.29, 0.717) is 17.9 Å². The third-order valence-electron chi connectivity index (χ3n) is 5.82. The van der Waals surface area contributed by atoms with E-state index in [4.69, 9.17) is 4.74 Å². The zero-order valence-corrected chi connectivity index (χ0v) is 18.9. The average Bonchev–Trinajstić information content (AvgIpc) is 3.42. The van der Waals surface area contributed by atoms with Crippen molar-refractivity contribution in [2.75, 3.05) is 42.9 Å². The Labute approximate surface area is 192 Å². The van der Waals surface area contributed by atoms with Crippen molar-refractivity contribution in [2.45, 2.75) is 20.3 Å². The van der Waals surface area contributed by atoms with Crippen LogP contribution in [-0.4, -0.2) is 48.5 Å². The van der Waals surface area contributed by atoms with Crippen LogP contribution in [0, 0.1) is 5.82 Å². The molecule has 33 heavy (non-hydrogen) atoms. The van der Waals surface area contributed by atoms with Gasteiger partial charge in [-0.15, -0.1) is 0 Å². The van der Waals surface area contributed by atoms with Gasteiger partial charge in [-0.3, -0.25) is 4.99 Å². The zero-order valence-electron chi connectivity index (χ0n) is 18.9. The van der Waals surface area contributed by atoms with E-state index in [1.165, 1.54) is 0 Å². The van der Waals surface area contributed by atoms with Crippen molar-refractivity contribution in [2.24, 2.45) is 4.99 Å². The molecule has 0 saturated carbocycles. The number of nitrogens with one attached hydrogen (secondary N) is 2. The molecule has 2 aromatic rings. The number of hydrogen-bond acceptors (Lipinski definition) is 7. The highest BCUT2D eigenvalue weighted by molar-refractivity contribution is 6.05. The van der Waals surface area contributed by atoms with Crippen LogP contribution in [0.5, 0.6) is 11.8 Å². The van der Waals surface area contributed by atoms with E-state index in [-0.39, 0.29) is 17.6 Å². The molecule has 2 N–H and O–H groups in total. The molecule has 170 valence electrons. The third-order valence-corrected chi connectivity index (χ3v) is 5.82. The number of fused-ring (bicyclic) bond motifs is 1. The minimum atomic E-state index is -0.380. The highest BCUT2D eigenvalue weighted by Gasteiger charge is 2.21. The monoisotopic (exact) mass is 446 g/mol. The Bertz CT molecular complexity index is 1190. The van der Waals surface area contributed by atoms with Crippen molar-refractivity contribution < 1.29 is 9.13 Å². The summed E-state index contributed by atoms with van der Waals surface area (Å²) in [6.45, 7) is 7.99. The van der Waals surface area contributed by atoms with Gasteiger partial charge in [-0.25, -0.2) is 4.39 Å². The lowest BCUT2D eigenvalue weighted by Crippen LogP contribution is -2.44. The highest BCUT2D eigenvalue weighted by Crippen LogP contribution is 2.34. The van der Waals surface area contributed by atoms with E-state index in [2.05, 4.69) is 30.5 Å². The lowest BCUT2D eigenvalue weighted by atomic mass is 10.1. The SMILES string of the molecule is C/C=C\C1=CC(Nc2cc(N3CCNCC3)nc(Oc3ccc4c(c3F)C=C(C)C4)n2)=NC1. The van der Waals surface area contributed by atoms with Crippen molar-refractivity contribution in [3.8, 4) is 11.8 Å². The van der Waals surface area contributed by atoms with Gasteiger partial charge in [0.1, 0.15) is 17.5 Å². The fourth-order valence-corrected chi connectivity index (χ4v) is 4.24. The lowest BCUT2D eigenvalue weighted by molar-refractivity contribution is 0.410. The first-order chi connectivity index (χ1) is 16.1. The normalized spacial score (nSPS) is 17.7. The van der Waals surface area contributed by atoms with Crippen molar-refractivity contribution in [3.05, 3.63) is 64.5 Å². The number of benzene rings is 1. The highest BCUT2D eigenvalue weighted by atomic mass is 19.1. The van der Waals surface area contributed by atoms with Gasteiger partial charge in [-0.2, -0.15) is 9.97 Å². The van der Waals surface area contributed by atoms with E-state index in [1.54, 1.807) is 6.07 Å². The number of aromatic nitrogens is 2. The number of rotatable bonds is 5. The molecule has 0 bridgehead atoms. The van der Waals surface area contributed by atoms with Crippen LogP contribution < -0.4 is 20.3 Å². The number of nitrogens with zero attached hydrogens (tertiary/aromatic N) is 4. The third kappa shape index (κ3) is 4.66. The Morgan fingerprint density at radius 2 is 2.03 bits per heavy atom. The maximum absolute atomic E-state index is 15.1. The topological polar surface area (TPSA) is 74.7 Å². The van der Waals surface area contributed by atoms with Crippen LogP contribution in [0.4, 0.5) is 16.0 Å². The number of hydrogen-bond donors (Lipinski definition) is 2. The molecule has 1 aromatic heterocycles. The van der Waals surface area contributed by atoms with Gasteiger partial charge in [-0.1, -0.05) is 29.9 Å². The molecule has 0 spiro atoms. The number of ether oxygens (including phenoxy) is 1. The fourth-order valence-electron chi connectivity index (χ4n) is 4.24. The summed E-state index contributed by atoms with van der Waals surface area (Å²) in [5.74, 6) is 1.76. The average molecular weight is 447 g/mol. The zero-order chi connectivity index (χ0) is 22.8. The smallest absolute Gasteiger partial charge is 0.326 e. The Hall–Kier alpha value is -3.52. The number of allylic oxidation sites excluding steroid dienone is 2. The second kappa shape index (κ2) is 9.15. The van der Waals surface area contributed by atoms with E-state index < -0.39 is 0 Å².